The van der Waals surface area contributed by atoms with Gasteiger partial charge in [-0.25, -0.2) is 4.98 Å². The number of hydrogen-bond donors (Lipinski definition) is 0. The third kappa shape index (κ3) is 3.88. The number of carbonyl (C=O) groups excluding carboxylic acids is 1. The molecule has 3 aromatic rings. The normalized spacial score (nSPS) is 14.6. The topological polar surface area (TPSA) is 41.4 Å². The number of aromatic nitrogens is 2. The second-order valence-electron chi connectivity index (χ2n) is 7.37. The van der Waals surface area contributed by atoms with E-state index in [9.17, 15) is 4.79 Å². The molecule has 0 N–H and O–H groups in total. The number of amides is 1. The molecule has 0 bridgehead atoms. The van der Waals surface area contributed by atoms with Crippen LogP contribution in [0.3, 0.4) is 0 Å². The number of aryl methyl sites for hydroxylation is 2. The number of piperazine rings is 1. The molecule has 2 aromatic heterocycles. The Kier molecular flexibility index (Phi) is 5.60. The summed E-state index contributed by atoms with van der Waals surface area (Å²) in [7, 11) is 0. The fourth-order valence-corrected chi connectivity index (χ4v) is 4.10. The third-order valence-corrected chi connectivity index (χ3v) is 5.65. The standard InChI is InChI=1S/C23H28N4O/c1-2-25-18-19(20-9-3-4-10-21(20)25)8-7-12-23(28)27-16-14-26(15-17-27)22-11-5-6-13-24-22/h3-6,9-11,13,18H,2,7-8,12,14-17H2,1H3. The van der Waals surface area contributed by atoms with Gasteiger partial charge in [0.2, 0.25) is 5.91 Å². The van der Waals surface area contributed by atoms with E-state index in [1.54, 1.807) is 0 Å². The average Bonchev–Trinajstić information content (AvgIpc) is 3.12. The van der Waals surface area contributed by atoms with E-state index in [0.717, 1.165) is 51.4 Å². The van der Waals surface area contributed by atoms with Gasteiger partial charge in [-0.2, -0.15) is 0 Å². The lowest BCUT2D eigenvalue weighted by Crippen LogP contribution is -2.49. The van der Waals surface area contributed by atoms with Crippen molar-refractivity contribution in [3.05, 3.63) is 60.4 Å². The molecule has 3 heterocycles. The minimum atomic E-state index is 0.278. The molecule has 1 fully saturated rings. The van der Waals surface area contributed by atoms with Crippen LogP contribution in [0.15, 0.2) is 54.9 Å². The van der Waals surface area contributed by atoms with Crippen molar-refractivity contribution in [3.8, 4) is 0 Å². The summed E-state index contributed by atoms with van der Waals surface area (Å²) >= 11 is 0. The van der Waals surface area contributed by atoms with Gasteiger partial charge in [0.25, 0.3) is 0 Å². The number of benzene rings is 1. The van der Waals surface area contributed by atoms with Crippen molar-refractivity contribution in [3.63, 3.8) is 0 Å². The third-order valence-electron chi connectivity index (χ3n) is 5.65. The van der Waals surface area contributed by atoms with Gasteiger partial charge >= 0.3 is 0 Å². The van der Waals surface area contributed by atoms with Gasteiger partial charge in [-0.15, -0.1) is 0 Å². The first-order chi connectivity index (χ1) is 13.8. The zero-order valence-electron chi connectivity index (χ0n) is 16.6. The Bertz CT molecular complexity index is 926. The van der Waals surface area contributed by atoms with Crippen LogP contribution in [-0.4, -0.2) is 46.5 Å². The smallest absolute Gasteiger partial charge is 0.222 e. The van der Waals surface area contributed by atoms with Crippen molar-refractivity contribution in [2.24, 2.45) is 0 Å². The van der Waals surface area contributed by atoms with Gasteiger partial charge in [0.1, 0.15) is 5.82 Å². The van der Waals surface area contributed by atoms with E-state index in [0.29, 0.717) is 6.42 Å². The molecule has 0 atom stereocenters. The van der Waals surface area contributed by atoms with E-state index in [1.807, 2.05) is 29.3 Å². The van der Waals surface area contributed by atoms with Crippen LogP contribution in [0.1, 0.15) is 25.3 Å². The summed E-state index contributed by atoms with van der Waals surface area (Å²) in [6.07, 6.45) is 6.54. The molecule has 1 aromatic carbocycles. The van der Waals surface area contributed by atoms with Crippen molar-refractivity contribution in [1.82, 2.24) is 14.5 Å². The number of para-hydroxylation sites is 1. The molecule has 1 amide bonds. The largest absolute Gasteiger partial charge is 0.353 e. The Balaban J connectivity index is 1.29. The number of hydrogen-bond acceptors (Lipinski definition) is 3. The zero-order chi connectivity index (χ0) is 19.3. The molecule has 0 radical (unpaired) electrons. The summed E-state index contributed by atoms with van der Waals surface area (Å²) < 4.78 is 2.29. The van der Waals surface area contributed by atoms with E-state index in [1.165, 1.54) is 16.5 Å². The molecule has 4 rings (SSSR count). The second kappa shape index (κ2) is 8.46. The monoisotopic (exact) mass is 376 g/mol. The Hall–Kier alpha value is -2.82. The van der Waals surface area contributed by atoms with Crippen molar-refractivity contribution in [2.45, 2.75) is 32.7 Å². The van der Waals surface area contributed by atoms with Crippen molar-refractivity contribution < 1.29 is 4.79 Å². The van der Waals surface area contributed by atoms with Gasteiger partial charge in [0, 0.05) is 62.4 Å². The number of anilines is 1. The Labute approximate surface area is 166 Å². The molecule has 0 aliphatic carbocycles. The van der Waals surface area contributed by atoms with Gasteiger partial charge in [-0.3, -0.25) is 4.79 Å². The van der Waals surface area contributed by atoms with Gasteiger partial charge in [-0.05, 0) is 43.5 Å². The Morgan fingerprint density at radius 3 is 2.57 bits per heavy atom. The SMILES string of the molecule is CCn1cc(CCCC(=O)N2CCN(c3ccccn3)CC2)c2ccccc21. The van der Waals surface area contributed by atoms with Gasteiger partial charge in [0.05, 0.1) is 0 Å². The average molecular weight is 377 g/mol. The lowest BCUT2D eigenvalue weighted by Gasteiger charge is -2.35. The fourth-order valence-electron chi connectivity index (χ4n) is 4.10. The molecule has 1 saturated heterocycles. The molecule has 0 unspecified atom stereocenters. The highest BCUT2D eigenvalue weighted by atomic mass is 16.2. The summed E-state index contributed by atoms with van der Waals surface area (Å²) in [4.78, 5) is 21.3. The lowest BCUT2D eigenvalue weighted by molar-refractivity contribution is -0.131. The van der Waals surface area contributed by atoms with Gasteiger partial charge < -0.3 is 14.4 Å². The highest BCUT2D eigenvalue weighted by Crippen LogP contribution is 2.23. The van der Waals surface area contributed by atoms with E-state index in [4.69, 9.17) is 0 Å². The molecule has 1 aliphatic rings. The lowest BCUT2D eigenvalue weighted by atomic mass is 10.1. The highest BCUT2D eigenvalue weighted by molar-refractivity contribution is 5.84. The number of fused-ring (bicyclic) bond motifs is 1. The maximum Gasteiger partial charge on any atom is 0.222 e. The van der Waals surface area contributed by atoms with Crippen molar-refractivity contribution in [1.29, 1.82) is 0 Å². The molecule has 28 heavy (non-hydrogen) atoms. The van der Waals surface area contributed by atoms with Crippen LogP contribution in [0, 0.1) is 0 Å². The minimum absolute atomic E-state index is 0.278. The van der Waals surface area contributed by atoms with E-state index < -0.39 is 0 Å². The quantitative estimate of drug-likeness (QED) is 0.658. The molecule has 5 heteroatoms. The molecule has 5 nitrogen and oxygen atoms in total. The predicted molar refractivity (Wildman–Crippen MR) is 114 cm³/mol. The summed E-state index contributed by atoms with van der Waals surface area (Å²) in [5.74, 6) is 1.28. The summed E-state index contributed by atoms with van der Waals surface area (Å²) in [5.41, 5.74) is 2.64. The summed E-state index contributed by atoms with van der Waals surface area (Å²) in [6.45, 7) is 6.42. The van der Waals surface area contributed by atoms with Crippen LogP contribution in [0.4, 0.5) is 5.82 Å². The summed E-state index contributed by atoms with van der Waals surface area (Å²) in [6, 6.07) is 14.5. The second-order valence-corrected chi connectivity index (χ2v) is 7.37. The van der Waals surface area contributed by atoms with E-state index in [2.05, 4.69) is 51.8 Å². The number of rotatable bonds is 6. The van der Waals surface area contributed by atoms with E-state index >= 15 is 0 Å². The Morgan fingerprint density at radius 2 is 1.82 bits per heavy atom. The van der Waals surface area contributed by atoms with Crippen LogP contribution in [-0.2, 0) is 17.8 Å². The van der Waals surface area contributed by atoms with Crippen LogP contribution < -0.4 is 4.90 Å². The molecule has 0 saturated carbocycles. The first kappa shape index (κ1) is 18.5. The fraction of sp³-hybridized carbons (Fsp3) is 0.391. The van der Waals surface area contributed by atoms with Gasteiger partial charge in [0.15, 0.2) is 0 Å². The number of nitrogens with zero attached hydrogens (tertiary/aromatic N) is 4. The maximum atomic E-state index is 12.6. The first-order valence-corrected chi connectivity index (χ1v) is 10.3. The molecular formula is C23H28N4O. The zero-order valence-corrected chi connectivity index (χ0v) is 16.6. The van der Waals surface area contributed by atoms with Gasteiger partial charge in [-0.1, -0.05) is 24.3 Å². The Morgan fingerprint density at radius 1 is 1.04 bits per heavy atom. The van der Waals surface area contributed by atoms with E-state index in [-0.39, 0.29) is 5.91 Å². The molecule has 146 valence electrons. The van der Waals surface area contributed by atoms with Crippen LogP contribution in [0.25, 0.3) is 10.9 Å². The van der Waals surface area contributed by atoms with Crippen molar-refractivity contribution >= 4 is 22.6 Å². The van der Waals surface area contributed by atoms with Crippen LogP contribution >= 0.6 is 0 Å². The van der Waals surface area contributed by atoms with Crippen LogP contribution in [0.2, 0.25) is 0 Å². The summed E-state index contributed by atoms with van der Waals surface area (Å²) in [5, 5.41) is 1.32. The molecular weight excluding hydrogens is 348 g/mol. The molecule has 0 spiro atoms. The first-order valence-electron chi connectivity index (χ1n) is 10.3. The predicted octanol–water partition coefficient (Wildman–Crippen LogP) is 3.73. The minimum Gasteiger partial charge on any atom is -0.353 e. The van der Waals surface area contributed by atoms with Crippen LogP contribution in [0.5, 0.6) is 0 Å². The number of pyridine rings is 1. The number of carbonyl (C=O) groups is 1. The highest BCUT2D eigenvalue weighted by Gasteiger charge is 2.21. The maximum absolute atomic E-state index is 12.6. The van der Waals surface area contributed by atoms with Crippen molar-refractivity contribution in [2.75, 3.05) is 31.1 Å². The molecule has 1 aliphatic heterocycles.